The van der Waals surface area contributed by atoms with Crippen LogP contribution < -0.4 is 29.9 Å². The Morgan fingerprint density at radius 3 is 2.37 bits per heavy atom. The maximum absolute atomic E-state index is 17.1. The van der Waals surface area contributed by atoms with Crippen molar-refractivity contribution >= 4 is 51.0 Å². The Labute approximate surface area is 434 Å². The van der Waals surface area contributed by atoms with Gasteiger partial charge in [-0.15, -0.1) is 6.42 Å². The lowest BCUT2D eigenvalue weighted by atomic mass is 9.65. The van der Waals surface area contributed by atoms with Crippen molar-refractivity contribution in [1.29, 1.82) is 0 Å². The molecule has 19 heteroatoms. The number of likely N-dealkylation sites (tertiary alicyclic amines) is 1. The number of nitrogens with zero attached hydrogens (tertiary/aromatic N) is 8. The minimum Gasteiger partial charge on any atom is -0.508 e. The van der Waals surface area contributed by atoms with Crippen LogP contribution in [-0.4, -0.2) is 164 Å². The summed E-state index contributed by atoms with van der Waals surface area (Å²) >= 11 is 0. The summed E-state index contributed by atoms with van der Waals surface area (Å²) in [5.74, 6) is 2.08. The first-order valence-electron chi connectivity index (χ1n) is 26.4. The van der Waals surface area contributed by atoms with Crippen molar-refractivity contribution in [2.75, 3.05) is 103 Å². The number of aromatic nitrogens is 3. The normalized spacial score (nSPS) is 21.9. The zero-order chi connectivity index (χ0) is 52.0. The fourth-order valence-electron chi connectivity index (χ4n) is 12.6. The molecular weight excluding hydrogens is 963 g/mol. The lowest BCUT2D eigenvalue weighted by molar-refractivity contribution is -0.120. The predicted octanol–water partition coefficient (Wildman–Crippen LogP) is 6.33. The first kappa shape index (κ1) is 50.4. The number of phenolic OH excluding ortho intramolecular Hbond substituents is 1. The lowest BCUT2D eigenvalue weighted by Crippen LogP contribution is -2.51. The number of pyridine rings is 1. The molecule has 6 fully saturated rings. The molecule has 75 heavy (non-hydrogen) atoms. The number of urea groups is 1. The number of piperazine rings is 2. The number of ether oxygens (including phenoxy) is 3. The maximum Gasteiger partial charge on any atom is 0.328 e. The molecule has 6 aliphatic rings. The molecule has 1 aliphatic carbocycles. The van der Waals surface area contributed by atoms with Gasteiger partial charge in [0.15, 0.2) is 5.82 Å². The number of amides is 4. The molecule has 3 aromatic carbocycles. The zero-order valence-corrected chi connectivity index (χ0v) is 42.6. The molecule has 394 valence electrons. The number of benzene rings is 3. The van der Waals surface area contributed by atoms with Crippen molar-refractivity contribution in [2.45, 2.75) is 76.0 Å². The highest BCUT2D eigenvalue weighted by molar-refractivity contribution is 6.07. The van der Waals surface area contributed by atoms with E-state index in [1.165, 1.54) is 55.3 Å². The van der Waals surface area contributed by atoms with E-state index in [1.54, 1.807) is 25.3 Å². The van der Waals surface area contributed by atoms with Gasteiger partial charge in [-0.05, 0) is 104 Å². The van der Waals surface area contributed by atoms with Gasteiger partial charge >= 0.3 is 12.0 Å². The van der Waals surface area contributed by atoms with Crippen LogP contribution >= 0.6 is 0 Å². The van der Waals surface area contributed by atoms with E-state index in [0.29, 0.717) is 72.2 Å². The van der Waals surface area contributed by atoms with Gasteiger partial charge in [0.05, 0.1) is 23.7 Å². The third-order valence-corrected chi connectivity index (χ3v) is 16.8. The molecule has 5 saturated heterocycles. The Kier molecular flexibility index (Phi) is 14.2. The van der Waals surface area contributed by atoms with Crippen molar-refractivity contribution < 1.29 is 42.5 Å². The number of imide groups is 1. The number of nitrogens with one attached hydrogen (secondary N) is 2. The van der Waals surface area contributed by atoms with Crippen LogP contribution in [0.15, 0.2) is 48.7 Å². The lowest BCUT2D eigenvalue weighted by Gasteiger charge is -2.47. The zero-order valence-electron chi connectivity index (χ0n) is 42.6. The maximum atomic E-state index is 17.1. The Morgan fingerprint density at radius 2 is 1.67 bits per heavy atom. The van der Waals surface area contributed by atoms with Gasteiger partial charge in [0, 0.05) is 120 Å². The van der Waals surface area contributed by atoms with Crippen LogP contribution in [0, 0.1) is 35.3 Å². The summed E-state index contributed by atoms with van der Waals surface area (Å²) in [6.07, 6.45) is 15.9. The van der Waals surface area contributed by atoms with Crippen LogP contribution in [0.25, 0.3) is 32.9 Å². The third kappa shape index (κ3) is 10.2. The second-order valence-corrected chi connectivity index (χ2v) is 21.4. The number of piperidine rings is 1. The Balaban J connectivity index is 0.692. The summed E-state index contributed by atoms with van der Waals surface area (Å²) < 4.78 is 50.0. The summed E-state index contributed by atoms with van der Waals surface area (Å²) in [4.78, 5) is 62.8. The van der Waals surface area contributed by atoms with E-state index in [-0.39, 0.29) is 94.5 Å². The smallest absolute Gasteiger partial charge is 0.328 e. The minimum absolute atomic E-state index is 0.00456. The standard InChI is InChI=1S/C56H64F2N10O7/c1-4-41-44(57)9-5-35-25-39(69)27-42(48(35)41)50-49(58)51-43(28-59-50)52(67-30-37-7-8-38(31-67)60-37)63-54(62-51)75-33-40(73-2)32-65-23-21-64(22-24-65)29-34-11-14-56(15-12-34)16-19-66(20-17-56)53(71)36-6-10-46(74-3)45(26-36)68-18-13-47(70)61-55(68)72/h1,5-6,9-10,25-28,34,37-38,40,60,69H,7-8,11-24,29-33H2,2-3H3,(H,61,70,72)/t37?,38?,40-/m1/s1. The van der Waals surface area contributed by atoms with E-state index in [9.17, 15) is 19.5 Å². The molecule has 1 saturated carbocycles. The van der Waals surface area contributed by atoms with Gasteiger partial charge in [-0.25, -0.2) is 13.6 Å². The summed E-state index contributed by atoms with van der Waals surface area (Å²) in [6, 6.07) is 10.7. The molecule has 1 spiro atoms. The van der Waals surface area contributed by atoms with Gasteiger partial charge in [-0.3, -0.25) is 29.7 Å². The van der Waals surface area contributed by atoms with Gasteiger partial charge < -0.3 is 39.3 Å². The van der Waals surface area contributed by atoms with Gasteiger partial charge in [0.1, 0.15) is 47.1 Å². The number of fused-ring (bicyclic) bond motifs is 4. The number of methoxy groups -OCH3 is 2. The summed E-state index contributed by atoms with van der Waals surface area (Å²) in [5.41, 5.74) is 1.17. The second-order valence-electron chi connectivity index (χ2n) is 21.4. The number of carbonyl (C=O) groups is 3. The number of hydrogen-bond acceptors (Lipinski definition) is 14. The van der Waals surface area contributed by atoms with Crippen molar-refractivity contribution in [3.8, 4) is 41.1 Å². The largest absolute Gasteiger partial charge is 0.508 e. The van der Waals surface area contributed by atoms with Crippen LogP contribution in [0.4, 0.5) is 25.1 Å². The molecule has 2 unspecified atom stereocenters. The molecule has 17 nitrogen and oxygen atoms in total. The molecule has 11 rings (SSSR count). The molecule has 7 heterocycles. The molecule has 3 N–H and O–H groups in total. The fraction of sp³-hybridized carbons (Fsp3) is 0.500. The number of rotatable bonds is 13. The Hall–Kier alpha value is -6.72. The number of terminal acetylenes is 1. The molecule has 5 aromatic rings. The minimum atomic E-state index is -0.767. The topological polar surface area (TPSA) is 178 Å². The van der Waals surface area contributed by atoms with E-state index in [1.807, 2.05) is 4.90 Å². The highest BCUT2D eigenvalue weighted by Crippen LogP contribution is 2.47. The van der Waals surface area contributed by atoms with Crippen molar-refractivity contribution in [3.63, 3.8) is 0 Å². The summed E-state index contributed by atoms with van der Waals surface area (Å²) in [5, 5.41) is 17.8. The van der Waals surface area contributed by atoms with Gasteiger partial charge in [0.25, 0.3) is 5.91 Å². The van der Waals surface area contributed by atoms with Crippen LogP contribution in [0.2, 0.25) is 0 Å². The average Bonchev–Trinajstić information content (AvgIpc) is 3.76. The predicted molar refractivity (Wildman–Crippen MR) is 279 cm³/mol. The number of anilines is 2. The molecule has 2 aromatic heterocycles. The summed E-state index contributed by atoms with van der Waals surface area (Å²) in [6.45, 7) is 8.48. The van der Waals surface area contributed by atoms with E-state index in [4.69, 9.17) is 25.6 Å². The number of aromatic hydroxyl groups is 1. The van der Waals surface area contributed by atoms with E-state index in [2.05, 4.69) is 41.2 Å². The molecule has 5 aliphatic heterocycles. The SMILES string of the molecule is C#Cc1c(F)ccc2cc(O)cc(-c3ncc4c(N5CC6CCC(C5)N6)nc(OC[C@@H](CN5CCN(CC6CCC7(CC6)CCN(C(=O)c6ccc(OC)c(N8CCC(=O)NC8=O)c6)CC7)CC5)OC)nc4c3F)c12. The Morgan fingerprint density at radius 1 is 0.920 bits per heavy atom. The van der Waals surface area contributed by atoms with E-state index >= 15 is 8.78 Å². The molecule has 2 bridgehead atoms. The van der Waals surface area contributed by atoms with E-state index in [0.717, 1.165) is 71.2 Å². The number of hydrogen-bond donors (Lipinski definition) is 3. The molecule has 3 atom stereocenters. The first-order valence-corrected chi connectivity index (χ1v) is 26.4. The van der Waals surface area contributed by atoms with Crippen LogP contribution in [0.5, 0.6) is 17.5 Å². The van der Waals surface area contributed by atoms with E-state index < -0.39 is 17.7 Å². The van der Waals surface area contributed by atoms with Gasteiger partial charge in [-0.2, -0.15) is 9.97 Å². The molecular formula is C56H64F2N10O7. The quantitative estimate of drug-likeness (QED) is 0.112. The fourth-order valence-corrected chi connectivity index (χ4v) is 12.6. The monoisotopic (exact) mass is 1030 g/mol. The van der Waals surface area contributed by atoms with Gasteiger partial charge in [0.2, 0.25) is 5.91 Å². The Bertz CT molecular complexity index is 3040. The average molecular weight is 1030 g/mol. The highest BCUT2D eigenvalue weighted by atomic mass is 19.1. The third-order valence-electron chi connectivity index (χ3n) is 16.8. The van der Waals surface area contributed by atoms with Crippen LogP contribution in [-0.2, 0) is 9.53 Å². The highest BCUT2D eigenvalue weighted by Gasteiger charge is 2.40. The van der Waals surface area contributed by atoms with Crippen molar-refractivity contribution in [2.24, 2.45) is 11.3 Å². The van der Waals surface area contributed by atoms with Crippen LogP contribution in [0.1, 0.15) is 73.7 Å². The number of halogens is 2. The first-order chi connectivity index (χ1) is 36.4. The summed E-state index contributed by atoms with van der Waals surface area (Å²) in [7, 11) is 3.18. The number of carbonyl (C=O) groups excluding carboxylic acids is 3. The molecule has 0 radical (unpaired) electrons. The molecule has 4 amide bonds. The van der Waals surface area contributed by atoms with Gasteiger partial charge in [-0.1, -0.05) is 12.0 Å². The second kappa shape index (κ2) is 21.1. The van der Waals surface area contributed by atoms with Crippen LogP contribution in [0.3, 0.4) is 0 Å². The van der Waals surface area contributed by atoms with Crippen molar-refractivity contribution in [3.05, 3.63) is 71.4 Å². The van der Waals surface area contributed by atoms with Crippen molar-refractivity contribution in [1.82, 2.24) is 40.3 Å². The number of phenols is 1.